The number of hydrogen-bond acceptors (Lipinski definition) is 0. The molecule has 0 aromatic heterocycles. The molecule has 0 aliphatic rings. The summed E-state index contributed by atoms with van der Waals surface area (Å²) >= 11 is 0. The standard InChI is InChI=1S/C17H17.K/c1-2-3-14-17(15-10-6-4-7-11-15)16-12-8-5-9-13-16;/h2,4-13H,1,3,14H2;/q-1;+1. The van der Waals surface area contributed by atoms with Crippen LogP contribution in [0.25, 0.3) is 0 Å². The smallest absolute Gasteiger partial charge is 0.120 e. The monoisotopic (exact) mass is 260 g/mol. The quantitative estimate of drug-likeness (QED) is 0.435. The van der Waals surface area contributed by atoms with Crippen LogP contribution in [0.1, 0.15) is 24.0 Å². The molecule has 0 saturated heterocycles. The van der Waals surface area contributed by atoms with Crippen LogP contribution in [0.3, 0.4) is 0 Å². The molecule has 0 radical (unpaired) electrons. The maximum absolute atomic E-state index is 3.81. The van der Waals surface area contributed by atoms with Crippen molar-refractivity contribution in [2.75, 3.05) is 0 Å². The van der Waals surface area contributed by atoms with Crippen molar-refractivity contribution in [3.05, 3.63) is 90.4 Å². The van der Waals surface area contributed by atoms with Gasteiger partial charge in [0.15, 0.2) is 0 Å². The SMILES string of the molecule is C=CCC[C-](c1ccccc1)c1ccccc1.[K+]. The zero-order chi connectivity index (χ0) is 11.9. The van der Waals surface area contributed by atoms with E-state index < -0.39 is 0 Å². The fourth-order valence-electron chi connectivity index (χ4n) is 1.98. The minimum Gasteiger partial charge on any atom is -0.120 e. The third-order valence-corrected chi connectivity index (χ3v) is 2.84. The van der Waals surface area contributed by atoms with Gasteiger partial charge in [0.1, 0.15) is 0 Å². The van der Waals surface area contributed by atoms with E-state index in [-0.39, 0.29) is 51.4 Å². The van der Waals surface area contributed by atoms with E-state index in [0.29, 0.717) is 0 Å². The summed E-state index contributed by atoms with van der Waals surface area (Å²) in [5, 5.41) is 0. The molecule has 0 N–H and O–H groups in total. The molecule has 0 fully saturated rings. The average Bonchev–Trinajstić information content (AvgIpc) is 2.42. The Morgan fingerprint density at radius 1 is 0.833 bits per heavy atom. The van der Waals surface area contributed by atoms with Crippen LogP contribution in [0.4, 0.5) is 0 Å². The van der Waals surface area contributed by atoms with E-state index >= 15 is 0 Å². The molecule has 0 heterocycles. The summed E-state index contributed by atoms with van der Waals surface area (Å²) in [6.07, 6.45) is 4.03. The van der Waals surface area contributed by atoms with Gasteiger partial charge in [0, 0.05) is 0 Å². The molecule has 2 aromatic rings. The molecule has 0 aliphatic carbocycles. The Kier molecular flexibility index (Phi) is 7.64. The molecule has 0 saturated carbocycles. The summed E-state index contributed by atoms with van der Waals surface area (Å²) < 4.78 is 0. The zero-order valence-corrected chi connectivity index (χ0v) is 14.1. The van der Waals surface area contributed by atoms with E-state index in [2.05, 4.69) is 67.2 Å². The van der Waals surface area contributed by atoms with E-state index in [1.807, 2.05) is 6.08 Å². The van der Waals surface area contributed by atoms with Crippen LogP contribution < -0.4 is 51.4 Å². The Morgan fingerprint density at radius 2 is 1.28 bits per heavy atom. The Labute approximate surface area is 153 Å². The Balaban J connectivity index is 0.00000162. The first-order valence-corrected chi connectivity index (χ1v) is 5.99. The Hall–Kier alpha value is -0.314. The van der Waals surface area contributed by atoms with Crippen molar-refractivity contribution >= 4 is 0 Å². The predicted molar refractivity (Wildman–Crippen MR) is 73.8 cm³/mol. The van der Waals surface area contributed by atoms with Gasteiger partial charge in [0.25, 0.3) is 0 Å². The van der Waals surface area contributed by atoms with Gasteiger partial charge in [-0.2, -0.15) is 0 Å². The van der Waals surface area contributed by atoms with Crippen LogP contribution in [-0.2, 0) is 0 Å². The first kappa shape index (κ1) is 15.7. The second kappa shape index (κ2) is 8.73. The molecule has 0 aliphatic heterocycles. The van der Waals surface area contributed by atoms with Gasteiger partial charge in [-0.15, -0.1) is 47.9 Å². The van der Waals surface area contributed by atoms with Gasteiger partial charge in [-0.3, -0.25) is 0 Å². The molecular formula is C17H17K. The number of allylic oxidation sites excluding steroid dienone is 1. The third kappa shape index (κ3) is 4.41. The molecule has 18 heavy (non-hydrogen) atoms. The van der Waals surface area contributed by atoms with Crippen LogP contribution in [0.5, 0.6) is 0 Å². The summed E-state index contributed by atoms with van der Waals surface area (Å²) in [7, 11) is 0. The van der Waals surface area contributed by atoms with Crippen molar-refractivity contribution in [1.29, 1.82) is 0 Å². The Morgan fingerprint density at radius 3 is 1.67 bits per heavy atom. The summed E-state index contributed by atoms with van der Waals surface area (Å²) in [6.45, 7) is 3.81. The maximum atomic E-state index is 3.81. The van der Waals surface area contributed by atoms with Gasteiger partial charge in [0.05, 0.1) is 0 Å². The summed E-state index contributed by atoms with van der Waals surface area (Å²) in [5.41, 5.74) is 2.61. The van der Waals surface area contributed by atoms with Crippen molar-refractivity contribution in [2.45, 2.75) is 12.8 Å². The molecule has 0 atom stereocenters. The first-order valence-electron chi connectivity index (χ1n) is 5.99. The summed E-state index contributed by atoms with van der Waals surface area (Å²) in [6, 6.07) is 21.2. The molecule has 0 nitrogen and oxygen atoms in total. The van der Waals surface area contributed by atoms with Crippen molar-refractivity contribution in [2.24, 2.45) is 0 Å². The van der Waals surface area contributed by atoms with Crippen LogP contribution in [0.15, 0.2) is 73.3 Å². The van der Waals surface area contributed by atoms with Crippen LogP contribution in [0.2, 0.25) is 0 Å². The topological polar surface area (TPSA) is 0 Å². The molecule has 1 heteroatoms. The maximum Gasteiger partial charge on any atom is 1.00 e. The van der Waals surface area contributed by atoms with Gasteiger partial charge in [-0.25, -0.2) is 0 Å². The molecule has 2 rings (SSSR count). The molecule has 0 amide bonds. The number of benzene rings is 2. The zero-order valence-electron chi connectivity index (χ0n) is 11.0. The van der Waals surface area contributed by atoms with Crippen molar-refractivity contribution in [3.63, 3.8) is 0 Å². The normalized spacial score (nSPS) is 9.33. The fraction of sp³-hybridized carbons (Fsp3) is 0.118. The molecule has 0 bridgehead atoms. The van der Waals surface area contributed by atoms with Crippen LogP contribution >= 0.6 is 0 Å². The molecule has 0 spiro atoms. The van der Waals surface area contributed by atoms with Gasteiger partial charge in [-0.05, 0) is 6.42 Å². The minimum absolute atomic E-state index is 0. The Bertz CT molecular complexity index is 408. The van der Waals surface area contributed by atoms with Crippen LogP contribution in [-0.4, -0.2) is 0 Å². The molecular weight excluding hydrogens is 243 g/mol. The average molecular weight is 260 g/mol. The first-order chi connectivity index (χ1) is 8.42. The summed E-state index contributed by atoms with van der Waals surface area (Å²) in [4.78, 5) is 0. The van der Waals surface area contributed by atoms with E-state index in [4.69, 9.17) is 0 Å². The van der Waals surface area contributed by atoms with Crippen LogP contribution in [0, 0.1) is 5.92 Å². The molecule has 2 aromatic carbocycles. The third-order valence-electron chi connectivity index (χ3n) is 2.84. The molecule has 0 unspecified atom stereocenters. The number of rotatable bonds is 5. The second-order valence-corrected chi connectivity index (χ2v) is 4.04. The van der Waals surface area contributed by atoms with Gasteiger partial charge < -0.3 is 0 Å². The summed E-state index contributed by atoms with van der Waals surface area (Å²) in [5.74, 6) is 1.39. The van der Waals surface area contributed by atoms with Crippen molar-refractivity contribution < 1.29 is 51.4 Å². The second-order valence-electron chi connectivity index (χ2n) is 4.04. The van der Waals surface area contributed by atoms with E-state index in [1.54, 1.807) is 0 Å². The van der Waals surface area contributed by atoms with Gasteiger partial charge in [-0.1, -0.05) is 48.9 Å². The van der Waals surface area contributed by atoms with E-state index in [1.165, 1.54) is 17.0 Å². The van der Waals surface area contributed by atoms with E-state index in [0.717, 1.165) is 12.8 Å². The van der Waals surface area contributed by atoms with E-state index in [9.17, 15) is 0 Å². The predicted octanol–water partition coefficient (Wildman–Crippen LogP) is 1.63. The van der Waals surface area contributed by atoms with Crippen molar-refractivity contribution in [3.8, 4) is 0 Å². The number of hydrogen-bond donors (Lipinski definition) is 0. The van der Waals surface area contributed by atoms with Gasteiger partial charge in [0.2, 0.25) is 0 Å². The van der Waals surface area contributed by atoms with Crippen molar-refractivity contribution in [1.82, 2.24) is 0 Å². The molecule has 86 valence electrons. The largest absolute Gasteiger partial charge is 1.00 e. The minimum atomic E-state index is 0. The fourth-order valence-corrected chi connectivity index (χ4v) is 1.98. The van der Waals surface area contributed by atoms with Gasteiger partial charge >= 0.3 is 51.4 Å².